The molecular weight excluding hydrogens is 358 g/mol. The normalized spacial score (nSPS) is 16.1. The van der Waals surface area contributed by atoms with Gasteiger partial charge in [0, 0.05) is 19.2 Å². The largest absolute Gasteiger partial charge is 0.471 e. The van der Waals surface area contributed by atoms with Crippen LogP contribution in [0.2, 0.25) is 5.02 Å². The van der Waals surface area contributed by atoms with Crippen LogP contribution in [0.5, 0.6) is 5.88 Å². The van der Waals surface area contributed by atoms with Crippen LogP contribution in [0.15, 0.2) is 66.9 Å². The second kappa shape index (κ2) is 7.69. The van der Waals surface area contributed by atoms with Crippen molar-refractivity contribution in [1.29, 1.82) is 5.26 Å². The first-order valence-corrected chi connectivity index (χ1v) is 9.24. The van der Waals surface area contributed by atoms with Crippen LogP contribution >= 0.6 is 11.6 Å². The minimum atomic E-state index is -0.00209. The van der Waals surface area contributed by atoms with E-state index in [4.69, 9.17) is 16.3 Å². The SMILES string of the molecule is N#Cc1cc(-c2ccccc2)ccc1N1CC[C@H](Oc2ncccc2Cl)C1. The van der Waals surface area contributed by atoms with Crippen LogP contribution in [-0.2, 0) is 0 Å². The number of rotatable bonds is 4. The van der Waals surface area contributed by atoms with Crippen LogP contribution in [-0.4, -0.2) is 24.2 Å². The number of aromatic nitrogens is 1. The molecule has 0 bridgehead atoms. The Hall–Kier alpha value is -3.03. The zero-order valence-electron chi connectivity index (χ0n) is 14.7. The Bertz CT molecular complexity index is 984. The van der Waals surface area contributed by atoms with Crippen LogP contribution in [0.1, 0.15) is 12.0 Å². The zero-order chi connectivity index (χ0) is 18.6. The number of hydrogen-bond acceptors (Lipinski definition) is 4. The van der Waals surface area contributed by atoms with Gasteiger partial charge in [0.25, 0.3) is 0 Å². The summed E-state index contributed by atoms with van der Waals surface area (Å²) < 4.78 is 5.96. The van der Waals surface area contributed by atoms with Crippen molar-refractivity contribution in [3.05, 3.63) is 77.4 Å². The van der Waals surface area contributed by atoms with Crippen molar-refractivity contribution in [3.63, 3.8) is 0 Å². The molecular formula is C22H18ClN3O. The minimum Gasteiger partial charge on any atom is -0.471 e. The molecule has 1 aliphatic rings. The van der Waals surface area contributed by atoms with E-state index in [9.17, 15) is 5.26 Å². The Kier molecular flexibility index (Phi) is 4.95. The molecule has 0 unspecified atom stereocenters. The van der Waals surface area contributed by atoms with Crippen molar-refractivity contribution in [1.82, 2.24) is 4.98 Å². The quantitative estimate of drug-likeness (QED) is 0.648. The topological polar surface area (TPSA) is 49.2 Å². The standard InChI is InChI=1S/C22H18ClN3O/c23-20-7-4-11-25-22(20)27-19-10-12-26(15-19)21-9-8-17(13-18(21)14-24)16-5-2-1-3-6-16/h1-9,11,13,19H,10,12,15H2/t19-/m0/s1. The summed E-state index contributed by atoms with van der Waals surface area (Å²) in [5.41, 5.74) is 3.76. The van der Waals surface area contributed by atoms with E-state index in [1.807, 2.05) is 42.5 Å². The zero-order valence-corrected chi connectivity index (χ0v) is 15.4. The van der Waals surface area contributed by atoms with Gasteiger partial charge in [-0.2, -0.15) is 5.26 Å². The highest BCUT2D eigenvalue weighted by molar-refractivity contribution is 6.31. The Morgan fingerprint density at radius 2 is 1.93 bits per heavy atom. The molecule has 1 atom stereocenters. The fraction of sp³-hybridized carbons (Fsp3) is 0.182. The molecule has 1 saturated heterocycles. The van der Waals surface area contributed by atoms with Gasteiger partial charge in [-0.1, -0.05) is 48.0 Å². The molecule has 27 heavy (non-hydrogen) atoms. The second-order valence-electron chi connectivity index (χ2n) is 6.47. The van der Waals surface area contributed by atoms with Gasteiger partial charge in [0.15, 0.2) is 0 Å². The van der Waals surface area contributed by atoms with Crippen molar-refractivity contribution < 1.29 is 4.74 Å². The monoisotopic (exact) mass is 375 g/mol. The lowest BCUT2D eigenvalue weighted by Gasteiger charge is -2.21. The highest BCUT2D eigenvalue weighted by Gasteiger charge is 2.26. The predicted molar refractivity (Wildman–Crippen MR) is 107 cm³/mol. The maximum absolute atomic E-state index is 9.65. The van der Waals surface area contributed by atoms with E-state index in [-0.39, 0.29) is 6.10 Å². The van der Waals surface area contributed by atoms with Gasteiger partial charge < -0.3 is 9.64 Å². The molecule has 2 heterocycles. The molecule has 4 rings (SSSR count). The highest BCUT2D eigenvalue weighted by Crippen LogP contribution is 2.31. The fourth-order valence-electron chi connectivity index (χ4n) is 3.37. The number of benzene rings is 2. The van der Waals surface area contributed by atoms with E-state index in [0.717, 1.165) is 29.8 Å². The number of anilines is 1. The number of ether oxygens (including phenoxy) is 1. The van der Waals surface area contributed by atoms with E-state index in [2.05, 4.69) is 22.0 Å². The number of nitriles is 1. The average molecular weight is 376 g/mol. The maximum atomic E-state index is 9.65. The number of hydrogen-bond donors (Lipinski definition) is 0. The minimum absolute atomic E-state index is 0.00209. The van der Waals surface area contributed by atoms with Crippen molar-refractivity contribution >= 4 is 17.3 Å². The molecule has 1 aliphatic heterocycles. The van der Waals surface area contributed by atoms with E-state index < -0.39 is 0 Å². The number of halogens is 1. The molecule has 1 fully saturated rings. The molecule has 0 aliphatic carbocycles. The van der Waals surface area contributed by atoms with Gasteiger partial charge >= 0.3 is 0 Å². The van der Waals surface area contributed by atoms with Gasteiger partial charge in [0.2, 0.25) is 5.88 Å². The van der Waals surface area contributed by atoms with Gasteiger partial charge in [-0.05, 0) is 35.4 Å². The van der Waals surface area contributed by atoms with Crippen LogP contribution in [0.4, 0.5) is 5.69 Å². The summed E-state index contributed by atoms with van der Waals surface area (Å²) in [6.07, 6.45) is 2.53. The van der Waals surface area contributed by atoms with Crippen LogP contribution < -0.4 is 9.64 Å². The number of nitrogens with zero attached hydrogens (tertiary/aromatic N) is 3. The van der Waals surface area contributed by atoms with Crippen LogP contribution in [0.25, 0.3) is 11.1 Å². The fourth-order valence-corrected chi connectivity index (χ4v) is 3.54. The summed E-state index contributed by atoms with van der Waals surface area (Å²) >= 11 is 6.14. The van der Waals surface area contributed by atoms with Crippen LogP contribution in [0.3, 0.4) is 0 Å². The molecule has 0 spiro atoms. The lowest BCUT2D eigenvalue weighted by Crippen LogP contribution is -2.25. The molecule has 1 aromatic heterocycles. The molecule has 134 valence electrons. The summed E-state index contributed by atoms with van der Waals surface area (Å²) in [7, 11) is 0. The second-order valence-corrected chi connectivity index (χ2v) is 6.88. The van der Waals surface area contributed by atoms with Gasteiger partial charge in [0.05, 0.1) is 17.8 Å². The first-order chi connectivity index (χ1) is 13.2. The molecule has 0 amide bonds. The lowest BCUT2D eigenvalue weighted by atomic mass is 10.0. The summed E-state index contributed by atoms with van der Waals surface area (Å²) in [6.45, 7) is 1.53. The first kappa shape index (κ1) is 17.4. The third-order valence-corrected chi connectivity index (χ3v) is 5.00. The van der Waals surface area contributed by atoms with Gasteiger partial charge in [-0.15, -0.1) is 0 Å². The van der Waals surface area contributed by atoms with Crippen LogP contribution in [0, 0.1) is 11.3 Å². The van der Waals surface area contributed by atoms with E-state index in [1.54, 1.807) is 18.3 Å². The van der Waals surface area contributed by atoms with Crippen molar-refractivity contribution in [2.75, 3.05) is 18.0 Å². The third-order valence-electron chi connectivity index (χ3n) is 4.71. The molecule has 0 radical (unpaired) electrons. The van der Waals surface area contributed by atoms with E-state index >= 15 is 0 Å². The summed E-state index contributed by atoms with van der Waals surface area (Å²) in [4.78, 5) is 6.38. The Balaban J connectivity index is 1.52. The maximum Gasteiger partial charge on any atom is 0.232 e. The van der Waals surface area contributed by atoms with Gasteiger partial charge in [-0.3, -0.25) is 0 Å². The smallest absolute Gasteiger partial charge is 0.232 e. The Morgan fingerprint density at radius 1 is 1.07 bits per heavy atom. The predicted octanol–water partition coefficient (Wildman–Crippen LogP) is 4.93. The van der Waals surface area contributed by atoms with Crippen molar-refractivity contribution in [3.8, 4) is 23.1 Å². The Morgan fingerprint density at radius 3 is 2.70 bits per heavy atom. The molecule has 5 heteroatoms. The molecule has 4 nitrogen and oxygen atoms in total. The van der Waals surface area contributed by atoms with E-state index in [1.165, 1.54) is 0 Å². The molecule has 0 N–H and O–H groups in total. The number of pyridine rings is 1. The first-order valence-electron chi connectivity index (χ1n) is 8.86. The molecule has 2 aromatic carbocycles. The summed E-state index contributed by atoms with van der Waals surface area (Å²) in [5.74, 6) is 0.464. The van der Waals surface area contributed by atoms with Gasteiger partial charge in [-0.25, -0.2) is 4.98 Å². The average Bonchev–Trinajstić information content (AvgIpc) is 3.18. The third kappa shape index (κ3) is 3.74. The summed E-state index contributed by atoms with van der Waals surface area (Å²) in [5, 5.41) is 10.2. The summed E-state index contributed by atoms with van der Waals surface area (Å²) in [6, 6.07) is 22.0. The molecule has 3 aromatic rings. The van der Waals surface area contributed by atoms with Crippen molar-refractivity contribution in [2.45, 2.75) is 12.5 Å². The Labute approximate surface area is 163 Å². The van der Waals surface area contributed by atoms with Crippen molar-refractivity contribution in [2.24, 2.45) is 0 Å². The highest BCUT2D eigenvalue weighted by atomic mass is 35.5. The lowest BCUT2D eigenvalue weighted by molar-refractivity contribution is 0.216. The van der Waals surface area contributed by atoms with E-state index in [0.29, 0.717) is 23.0 Å². The molecule has 0 saturated carbocycles. The van der Waals surface area contributed by atoms with Gasteiger partial charge in [0.1, 0.15) is 17.2 Å².